The molecule has 1 aliphatic rings. The molecule has 29 heavy (non-hydrogen) atoms. The summed E-state index contributed by atoms with van der Waals surface area (Å²) in [5.74, 6) is -0.656. The van der Waals surface area contributed by atoms with Crippen LogP contribution in [0.3, 0.4) is 0 Å². The minimum Gasteiger partial charge on any atom is -0.370 e. The molecule has 0 fully saturated rings. The predicted octanol–water partition coefficient (Wildman–Crippen LogP) is 1.52. The number of hydrogen-bond donors (Lipinski definition) is 2. The van der Waals surface area contributed by atoms with Crippen molar-refractivity contribution in [2.45, 2.75) is 25.3 Å². The molecule has 4 rings (SSSR count). The summed E-state index contributed by atoms with van der Waals surface area (Å²) in [7, 11) is -1.54. The van der Waals surface area contributed by atoms with Gasteiger partial charge in [0.2, 0.25) is 5.91 Å². The van der Waals surface area contributed by atoms with E-state index in [0.29, 0.717) is 34.3 Å². The lowest BCUT2D eigenvalue weighted by Gasteiger charge is -2.17. The molecule has 0 saturated heterocycles. The molecule has 1 amide bonds. The Hall–Kier alpha value is -3.07. The zero-order valence-electron chi connectivity index (χ0n) is 16.4. The van der Waals surface area contributed by atoms with Gasteiger partial charge >= 0.3 is 0 Å². The molecule has 1 atom stereocenters. The number of amides is 1. The minimum atomic E-state index is -3.22. The maximum Gasteiger partial charge on any atom is 0.274 e. The first-order valence-corrected chi connectivity index (χ1v) is 11.3. The average molecular weight is 414 g/mol. The lowest BCUT2D eigenvalue weighted by Crippen LogP contribution is -2.27. The number of sulfone groups is 1. The molecular formula is C20H22N4O4S. The Balaban J connectivity index is 2.12. The van der Waals surface area contributed by atoms with Crippen molar-refractivity contribution in [2.75, 3.05) is 11.6 Å². The number of aromatic nitrogens is 2. The highest BCUT2D eigenvalue weighted by Gasteiger charge is 2.30. The van der Waals surface area contributed by atoms with Gasteiger partial charge in [-0.25, -0.2) is 8.42 Å². The number of anilines is 1. The lowest BCUT2D eigenvalue weighted by molar-refractivity contribution is -0.118. The number of primary amides is 1. The molecule has 1 aliphatic heterocycles. The van der Waals surface area contributed by atoms with Crippen LogP contribution in [0, 0.1) is 0 Å². The van der Waals surface area contributed by atoms with Gasteiger partial charge in [-0.1, -0.05) is 6.07 Å². The molecule has 0 aliphatic carbocycles. The second-order valence-corrected chi connectivity index (χ2v) is 9.62. The quantitative estimate of drug-likeness (QED) is 0.671. The van der Waals surface area contributed by atoms with Gasteiger partial charge in [0.05, 0.1) is 5.75 Å². The van der Waals surface area contributed by atoms with Crippen LogP contribution in [0.25, 0.3) is 22.0 Å². The molecule has 152 valence electrons. The van der Waals surface area contributed by atoms with Gasteiger partial charge < -0.3 is 20.2 Å². The summed E-state index contributed by atoms with van der Waals surface area (Å²) in [4.78, 5) is 25.2. The van der Waals surface area contributed by atoms with Crippen LogP contribution in [0.15, 0.2) is 35.4 Å². The highest BCUT2D eigenvalue weighted by Crippen LogP contribution is 2.42. The summed E-state index contributed by atoms with van der Waals surface area (Å²) in [6, 6.07) is 4.45. The topological polar surface area (TPSA) is 116 Å². The number of carbonyl (C=O) groups is 1. The van der Waals surface area contributed by atoms with Gasteiger partial charge in [0, 0.05) is 60.0 Å². The molecule has 3 N–H and O–H groups in total. The molecule has 2 aromatic heterocycles. The zero-order valence-corrected chi connectivity index (χ0v) is 17.2. The van der Waals surface area contributed by atoms with Crippen molar-refractivity contribution >= 4 is 32.3 Å². The fourth-order valence-corrected chi connectivity index (χ4v) is 4.82. The van der Waals surface area contributed by atoms with Crippen molar-refractivity contribution < 1.29 is 13.2 Å². The van der Waals surface area contributed by atoms with Crippen LogP contribution in [-0.2, 0) is 34.0 Å². The van der Waals surface area contributed by atoms with Crippen LogP contribution < -0.4 is 16.6 Å². The molecule has 0 spiro atoms. The maximum absolute atomic E-state index is 12.9. The third-order valence-electron chi connectivity index (χ3n) is 5.26. The first-order valence-electron chi connectivity index (χ1n) is 9.20. The number of nitrogens with two attached hydrogens (primary N) is 1. The number of fused-ring (bicyclic) bond motifs is 2. The normalized spacial score (nSPS) is 15.6. The maximum atomic E-state index is 12.9. The average Bonchev–Trinajstić information content (AvgIpc) is 2.95. The third kappa shape index (κ3) is 3.11. The Labute approximate surface area is 167 Å². The predicted molar refractivity (Wildman–Crippen MR) is 112 cm³/mol. The Kier molecular flexibility index (Phi) is 4.30. The van der Waals surface area contributed by atoms with Gasteiger partial charge in [0.25, 0.3) is 5.56 Å². The fourth-order valence-electron chi connectivity index (χ4n) is 4.04. The fraction of sp³-hybridized carbons (Fsp3) is 0.300. The van der Waals surface area contributed by atoms with Crippen LogP contribution in [0.2, 0.25) is 0 Å². The summed E-state index contributed by atoms with van der Waals surface area (Å²) in [6.45, 7) is 2.48. The summed E-state index contributed by atoms with van der Waals surface area (Å²) in [5, 5.41) is 3.85. The van der Waals surface area contributed by atoms with Crippen molar-refractivity contribution in [3.8, 4) is 11.1 Å². The SMILES string of the molecule is CCn1cc2c3c(cn(C)c(=O)c31)-c1cc(CS(C)(=O)=O)ccc1NC2C(N)=O. The Morgan fingerprint density at radius 3 is 2.59 bits per heavy atom. The molecule has 3 heterocycles. The molecule has 1 aromatic carbocycles. The van der Waals surface area contributed by atoms with Crippen LogP contribution in [0.1, 0.15) is 24.1 Å². The van der Waals surface area contributed by atoms with E-state index in [0.717, 1.165) is 11.1 Å². The largest absolute Gasteiger partial charge is 0.370 e. The second kappa shape index (κ2) is 6.48. The highest BCUT2D eigenvalue weighted by molar-refractivity contribution is 7.89. The van der Waals surface area contributed by atoms with E-state index in [9.17, 15) is 18.0 Å². The molecule has 3 aromatic rings. The first-order chi connectivity index (χ1) is 13.6. The molecule has 0 saturated carbocycles. The van der Waals surface area contributed by atoms with E-state index >= 15 is 0 Å². The van der Waals surface area contributed by atoms with E-state index in [1.54, 1.807) is 37.6 Å². The van der Waals surface area contributed by atoms with Gasteiger partial charge in [0.15, 0.2) is 9.84 Å². The number of hydrogen-bond acceptors (Lipinski definition) is 5. The van der Waals surface area contributed by atoms with E-state index in [2.05, 4.69) is 5.32 Å². The number of rotatable bonds is 4. The van der Waals surface area contributed by atoms with Crippen LogP contribution >= 0.6 is 0 Å². The number of pyridine rings is 1. The van der Waals surface area contributed by atoms with Crippen molar-refractivity contribution in [1.29, 1.82) is 0 Å². The summed E-state index contributed by atoms with van der Waals surface area (Å²) in [6.07, 6.45) is 4.70. The Morgan fingerprint density at radius 1 is 1.24 bits per heavy atom. The number of nitrogens with one attached hydrogen (secondary N) is 1. The van der Waals surface area contributed by atoms with E-state index in [4.69, 9.17) is 5.73 Å². The summed E-state index contributed by atoms with van der Waals surface area (Å²) in [5.41, 5.74) is 9.42. The van der Waals surface area contributed by atoms with E-state index in [1.165, 1.54) is 10.8 Å². The van der Waals surface area contributed by atoms with E-state index in [1.807, 2.05) is 11.5 Å². The van der Waals surface area contributed by atoms with Crippen molar-refractivity contribution in [1.82, 2.24) is 9.13 Å². The third-order valence-corrected chi connectivity index (χ3v) is 6.12. The Morgan fingerprint density at radius 2 is 1.97 bits per heavy atom. The lowest BCUT2D eigenvalue weighted by atomic mass is 9.98. The monoisotopic (exact) mass is 414 g/mol. The number of carbonyl (C=O) groups excluding carboxylic acids is 1. The van der Waals surface area contributed by atoms with Crippen LogP contribution in [0.5, 0.6) is 0 Å². The van der Waals surface area contributed by atoms with Gasteiger partial charge in [-0.15, -0.1) is 0 Å². The smallest absolute Gasteiger partial charge is 0.274 e. The number of nitrogens with zero attached hydrogens (tertiary/aromatic N) is 2. The zero-order chi connectivity index (χ0) is 21.1. The molecule has 0 bridgehead atoms. The van der Waals surface area contributed by atoms with Crippen molar-refractivity contribution in [3.05, 3.63) is 52.1 Å². The minimum absolute atomic E-state index is 0.0999. The standard InChI is InChI=1S/C20H22N4O4S/c1-4-24-9-14-16-13(8-23(2)20(26)18(16)24)12-7-11(10-29(3,27)28)5-6-15(12)22-17(14)19(21)25/h5-9,17,22H,4,10H2,1-3H3,(H2,21,25). The molecule has 9 heteroatoms. The highest BCUT2D eigenvalue weighted by atomic mass is 32.2. The van der Waals surface area contributed by atoms with Gasteiger partial charge in [0.1, 0.15) is 11.6 Å². The summed E-state index contributed by atoms with van der Waals surface area (Å²) >= 11 is 0. The van der Waals surface area contributed by atoms with Crippen molar-refractivity contribution in [2.24, 2.45) is 12.8 Å². The van der Waals surface area contributed by atoms with Gasteiger partial charge in [-0.05, 0) is 24.6 Å². The Bertz CT molecular complexity index is 1330. The van der Waals surface area contributed by atoms with Crippen LogP contribution in [-0.4, -0.2) is 29.7 Å². The molecule has 1 unspecified atom stereocenters. The number of benzene rings is 1. The van der Waals surface area contributed by atoms with Gasteiger partial charge in [-0.2, -0.15) is 0 Å². The molecule has 0 radical (unpaired) electrons. The second-order valence-electron chi connectivity index (χ2n) is 7.48. The van der Waals surface area contributed by atoms with E-state index in [-0.39, 0.29) is 11.3 Å². The van der Waals surface area contributed by atoms with Crippen LogP contribution in [0.4, 0.5) is 5.69 Å². The molecule has 8 nitrogen and oxygen atoms in total. The summed E-state index contributed by atoms with van der Waals surface area (Å²) < 4.78 is 26.9. The molecular weight excluding hydrogens is 392 g/mol. The number of aryl methyl sites for hydroxylation is 2. The van der Waals surface area contributed by atoms with Crippen molar-refractivity contribution in [3.63, 3.8) is 0 Å². The van der Waals surface area contributed by atoms with E-state index < -0.39 is 21.8 Å². The first kappa shape index (κ1) is 19.3. The van der Waals surface area contributed by atoms with Gasteiger partial charge in [-0.3, -0.25) is 9.59 Å².